The van der Waals surface area contributed by atoms with Crippen LogP contribution >= 0.6 is 11.8 Å². The van der Waals surface area contributed by atoms with E-state index in [1.807, 2.05) is 35.9 Å². The molecule has 1 atom stereocenters. The largest absolute Gasteiger partial charge is 0.497 e. The van der Waals surface area contributed by atoms with E-state index < -0.39 is 0 Å². The molecule has 0 saturated carbocycles. The average Bonchev–Trinajstić information content (AvgIpc) is 3.49. The van der Waals surface area contributed by atoms with Gasteiger partial charge in [0.25, 0.3) is 0 Å². The van der Waals surface area contributed by atoms with Crippen LogP contribution in [0.1, 0.15) is 30.9 Å². The molecule has 0 bridgehead atoms. The molecule has 4 rings (SSSR count). The van der Waals surface area contributed by atoms with E-state index in [4.69, 9.17) is 9.15 Å². The SMILES string of the molecule is COc1ccc([C@H](CNC(=O)CSc2nnc(-c3ccco3)n2C)N2CCCCC2)cc1. The molecule has 3 heterocycles. The van der Waals surface area contributed by atoms with Gasteiger partial charge >= 0.3 is 0 Å². The molecule has 170 valence electrons. The minimum absolute atomic E-state index is 0.0203. The van der Waals surface area contributed by atoms with Crippen LogP contribution < -0.4 is 10.1 Å². The van der Waals surface area contributed by atoms with Crippen LogP contribution in [0.15, 0.2) is 52.2 Å². The molecule has 0 aliphatic carbocycles. The molecule has 1 saturated heterocycles. The number of thioether (sulfide) groups is 1. The maximum absolute atomic E-state index is 12.6. The molecule has 3 aromatic rings. The molecule has 1 aromatic carbocycles. The van der Waals surface area contributed by atoms with Gasteiger partial charge in [-0.3, -0.25) is 9.69 Å². The third-order valence-electron chi connectivity index (χ3n) is 5.73. The van der Waals surface area contributed by atoms with E-state index >= 15 is 0 Å². The number of rotatable bonds is 9. The highest BCUT2D eigenvalue weighted by atomic mass is 32.2. The number of amides is 1. The number of aromatic nitrogens is 3. The Labute approximate surface area is 192 Å². The van der Waals surface area contributed by atoms with Crippen molar-refractivity contribution in [2.75, 3.05) is 32.5 Å². The summed E-state index contributed by atoms with van der Waals surface area (Å²) in [5.41, 5.74) is 1.19. The predicted molar refractivity (Wildman–Crippen MR) is 124 cm³/mol. The lowest BCUT2D eigenvalue weighted by Crippen LogP contribution is -2.41. The van der Waals surface area contributed by atoms with Gasteiger partial charge in [0.1, 0.15) is 5.75 Å². The third kappa shape index (κ3) is 5.34. The number of hydrogen-bond donors (Lipinski definition) is 1. The zero-order valence-corrected chi connectivity index (χ0v) is 19.3. The molecule has 1 aliphatic rings. The molecular formula is C23H29N5O3S. The maximum atomic E-state index is 12.6. The molecule has 1 N–H and O–H groups in total. The van der Waals surface area contributed by atoms with Crippen LogP contribution in [0.5, 0.6) is 5.75 Å². The number of methoxy groups -OCH3 is 1. The summed E-state index contributed by atoms with van der Waals surface area (Å²) in [6, 6.07) is 11.9. The number of furan rings is 1. The van der Waals surface area contributed by atoms with Gasteiger partial charge in [0, 0.05) is 13.6 Å². The fraction of sp³-hybridized carbons (Fsp3) is 0.435. The summed E-state index contributed by atoms with van der Waals surface area (Å²) in [5.74, 6) is 2.39. The van der Waals surface area contributed by atoms with E-state index in [-0.39, 0.29) is 17.7 Å². The second-order valence-electron chi connectivity index (χ2n) is 7.82. The van der Waals surface area contributed by atoms with Gasteiger partial charge in [0.15, 0.2) is 16.7 Å². The molecule has 8 nitrogen and oxygen atoms in total. The van der Waals surface area contributed by atoms with Crippen molar-refractivity contribution in [3.8, 4) is 17.3 Å². The molecule has 0 unspecified atom stereocenters. The summed E-state index contributed by atoms with van der Waals surface area (Å²) in [4.78, 5) is 15.1. The second-order valence-corrected chi connectivity index (χ2v) is 8.76. The first-order valence-corrected chi connectivity index (χ1v) is 11.8. The molecule has 0 spiro atoms. The summed E-state index contributed by atoms with van der Waals surface area (Å²) >= 11 is 1.37. The van der Waals surface area contributed by atoms with E-state index in [1.54, 1.807) is 13.4 Å². The van der Waals surface area contributed by atoms with Crippen LogP contribution in [0.25, 0.3) is 11.6 Å². The van der Waals surface area contributed by atoms with Crippen LogP contribution in [-0.4, -0.2) is 58.1 Å². The van der Waals surface area contributed by atoms with Crippen molar-refractivity contribution in [2.24, 2.45) is 7.05 Å². The quantitative estimate of drug-likeness (QED) is 0.494. The number of benzene rings is 1. The number of likely N-dealkylation sites (tertiary alicyclic amines) is 1. The zero-order valence-electron chi connectivity index (χ0n) is 18.5. The molecule has 1 aliphatic heterocycles. The first kappa shape index (κ1) is 22.4. The topological polar surface area (TPSA) is 85.4 Å². The standard InChI is InChI=1S/C23H29N5O3S/c1-27-22(20-7-6-14-31-20)25-26-23(27)32-16-21(29)24-15-19(28-12-4-3-5-13-28)17-8-10-18(30-2)11-9-17/h6-11,14,19H,3-5,12-13,15-16H2,1-2H3,(H,24,29)/t19-/m0/s1. The Morgan fingerprint density at radius 2 is 1.97 bits per heavy atom. The van der Waals surface area contributed by atoms with Gasteiger partial charge in [-0.05, 0) is 55.8 Å². The lowest BCUT2D eigenvalue weighted by Gasteiger charge is -2.35. The fourth-order valence-electron chi connectivity index (χ4n) is 3.97. The van der Waals surface area contributed by atoms with Gasteiger partial charge in [-0.25, -0.2) is 0 Å². The third-order valence-corrected chi connectivity index (χ3v) is 6.75. The van der Waals surface area contributed by atoms with Crippen LogP contribution in [0.2, 0.25) is 0 Å². The molecule has 2 aromatic heterocycles. The van der Waals surface area contributed by atoms with Gasteiger partial charge in [0.05, 0.1) is 25.2 Å². The Kier molecular flexibility index (Phi) is 7.49. The Balaban J connectivity index is 1.35. The van der Waals surface area contributed by atoms with Gasteiger partial charge in [-0.15, -0.1) is 10.2 Å². The van der Waals surface area contributed by atoms with Crippen molar-refractivity contribution < 1.29 is 13.9 Å². The van der Waals surface area contributed by atoms with E-state index in [1.165, 1.54) is 36.6 Å². The first-order chi connectivity index (χ1) is 15.7. The zero-order chi connectivity index (χ0) is 22.3. The number of carbonyl (C=O) groups is 1. The maximum Gasteiger partial charge on any atom is 0.230 e. The lowest BCUT2D eigenvalue weighted by molar-refractivity contribution is -0.118. The van der Waals surface area contributed by atoms with Gasteiger partial charge in [0.2, 0.25) is 5.91 Å². The van der Waals surface area contributed by atoms with Crippen molar-refractivity contribution in [3.63, 3.8) is 0 Å². The van der Waals surface area contributed by atoms with Crippen LogP contribution in [0, 0.1) is 0 Å². The number of piperidine rings is 1. The van der Waals surface area contributed by atoms with Crippen molar-refractivity contribution in [1.82, 2.24) is 25.0 Å². The Bertz CT molecular complexity index is 997. The van der Waals surface area contributed by atoms with Crippen LogP contribution in [0.3, 0.4) is 0 Å². The summed E-state index contributed by atoms with van der Waals surface area (Å²) in [6.45, 7) is 2.67. The normalized spacial score (nSPS) is 15.4. The number of nitrogens with one attached hydrogen (secondary N) is 1. The highest BCUT2D eigenvalue weighted by Gasteiger charge is 2.23. The van der Waals surface area contributed by atoms with Crippen molar-refractivity contribution >= 4 is 17.7 Å². The van der Waals surface area contributed by atoms with E-state index in [0.717, 1.165) is 18.8 Å². The molecule has 32 heavy (non-hydrogen) atoms. The smallest absolute Gasteiger partial charge is 0.230 e. The molecular weight excluding hydrogens is 426 g/mol. The van der Waals surface area contributed by atoms with Gasteiger partial charge < -0.3 is 19.0 Å². The molecule has 1 amide bonds. The monoisotopic (exact) mass is 455 g/mol. The Morgan fingerprint density at radius 3 is 2.66 bits per heavy atom. The van der Waals surface area contributed by atoms with Gasteiger partial charge in [-0.1, -0.05) is 30.3 Å². The van der Waals surface area contributed by atoms with Crippen LogP contribution in [0.4, 0.5) is 0 Å². The molecule has 9 heteroatoms. The summed E-state index contributed by atoms with van der Waals surface area (Å²) in [5, 5.41) is 12.2. The highest BCUT2D eigenvalue weighted by Crippen LogP contribution is 2.26. The summed E-state index contributed by atoms with van der Waals surface area (Å²) < 4.78 is 12.5. The predicted octanol–water partition coefficient (Wildman–Crippen LogP) is 3.52. The average molecular weight is 456 g/mol. The highest BCUT2D eigenvalue weighted by molar-refractivity contribution is 7.99. The first-order valence-electron chi connectivity index (χ1n) is 10.9. The number of hydrogen-bond acceptors (Lipinski definition) is 7. The summed E-state index contributed by atoms with van der Waals surface area (Å²) in [6.07, 6.45) is 5.26. The van der Waals surface area contributed by atoms with E-state index in [0.29, 0.717) is 23.3 Å². The van der Waals surface area contributed by atoms with E-state index in [2.05, 4.69) is 32.5 Å². The number of ether oxygens (including phenoxy) is 1. The minimum Gasteiger partial charge on any atom is -0.497 e. The van der Waals surface area contributed by atoms with Gasteiger partial charge in [-0.2, -0.15) is 0 Å². The number of carbonyl (C=O) groups excluding carboxylic acids is 1. The fourth-order valence-corrected chi connectivity index (χ4v) is 4.71. The second kappa shape index (κ2) is 10.7. The Hall–Kier alpha value is -2.78. The minimum atomic E-state index is -0.0203. The van der Waals surface area contributed by atoms with Crippen molar-refractivity contribution in [3.05, 3.63) is 48.2 Å². The number of nitrogens with zero attached hydrogens (tertiary/aromatic N) is 4. The molecule has 1 fully saturated rings. The van der Waals surface area contributed by atoms with Crippen molar-refractivity contribution in [2.45, 2.75) is 30.5 Å². The van der Waals surface area contributed by atoms with Crippen LogP contribution in [-0.2, 0) is 11.8 Å². The lowest BCUT2D eigenvalue weighted by atomic mass is 10.0. The van der Waals surface area contributed by atoms with E-state index in [9.17, 15) is 4.79 Å². The molecule has 0 radical (unpaired) electrons. The Morgan fingerprint density at radius 1 is 1.19 bits per heavy atom. The summed E-state index contributed by atoms with van der Waals surface area (Å²) in [7, 11) is 3.54. The van der Waals surface area contributed by atoms with Crippen molar-refractivity contribution in [1.29, 1.82) is 0 Å².